The lowest BCUT2D eigenvalue weighted by molar-refractivity contribution is -0.120. The Kier molecular flexibility index (Phi) is 6.75. The summed E-state index contributed by atoms with van der Waals surface area (Å²) in [5, 5.41) is 6.24. The maximum atomic E-state index is 13.2. The molecule has 0 saturated carbocycles. The Hall–Kier alpha value is -4.24. The third-order valence-electron chi connectivity index (χ3n) is 7.15. The maximum Gasteiger partial charge on any atom is 0.380 e. The monoisotopic (exact) mass is 599 g/mol. The molecule has 0 atom stereocenters. The largest absolute Gasteiger partial charge is 0.464 e. The van der Waals surface area contributed by atoms with Gasteiger partial charge >= 0.3 is 5.97 Å². The molecule has 9 heteroatoms. The van der Waals surface area contributed by atoms with Crippen molar-refractivity contribution < 1.29 is 23.2 Å². The van der Waals surface area contributed by atoms with E-state index >= 15 is 0 Å². The average molecular weight is 600 g/mol. The maximum absolute atomic E-state index is 13.2. The second kappa shape index (κ2) is 10.4. The van der Waals surface area contributed by atoms with Gasteiger partial charge in [-0.1, -0.05) is 28.1 Å². The highest BCUT2D eigenvalue weighted by Gasteiger charge is 2.29. The molecule has 8 nitrogen and oxygen atoms in total. The Bertz CT molecular complexity index is 1850. The number of benzene rings is 2. The number of halogens is 1. The van der Waals surface area contributed by atoms with Crippen molar-refractivity contribution in [2.75, 3.05) is 0 Å². The molecule has 40 heavy (non-hydrogen) atoms. The van der Waals surface area contributed by atoms with Gasteiger partial charge < -0.3 is 13.6 Å². The van der Waals surface area contributed by atoms with E-state index in [1.54, 1.807) is 18.5 Å². The lowest BCUT2D eigenvalue weighted by atomic mass is 9.93. The lowest BCUT2D eigenvalue weighted by Crippen LogP contribution is -2.23. The smallest absolute Gasteiger partial charge is 0.380 e. The number of ether oxygens (including phenoxy) is 1. The molecule has 5 aromatic rings. The van der Waals surface area contributed by atoms with E-state index in [2.05, 4.69) is 37.5 Å². The number of hydrogen-bond acceptors (Lipinski definition) is 7. The number of carbonyl (C=O) groups is 2. The number of furan rings is 2. The standard InChI is InChI=1S/C31H26BrN3O5/c1-16-12-17(2)27-19(15-38-25(27)13-16)14-26(36)35-34-22-7-4-8-23-28(22)18(3)30(39-23)31(37)40-24-10-9-21(32)20-6-5-11-33-29(20)24/h5-6,9-13,15H,4,7-8,14H2,1-3H3,(H,35,36)/b34-22+. The molecule has 6 rings (SSSR count). The number of nitrogens with one attached hydrogen (secondary N) is 1. The van der Waals surface area contributed by atoms with Gasteiger partial charge in [-0.05, 0) is 69.0 Å². The van der Waals surface area contributed by atoms with Crippen LogP contribution in [0.15, 0.2) is 67.3 Å². The second-order valence-electron chi connectivity index (χ2n) is 10.0. The molecule has 2 aromatic carbocycles. The molecule has 1 aliphatic carbocycles. The van der Waals surface area contributed by atoms with Gasteiger partial charge in [0, 0.05) is 44.6 Å². The Balaban J connectivity index is 1.22. The fraction of sp³-hybridized carbons (Fsp3) is 0.226. The Labute approximate surface area is 238 Å². The first-order valence-electron chi connectivity index (χ1n) is 13.0. The highest BCUT2D eigenvalue weighted by atomic mass is 79.9. The van der Waals surface area contributed by atoms with Crippen molar-refractivity contribution in [1.82, 2.24) is 10.4 Å². The molecule has 0 spiro atoms. The molecule has 202 valence electrons. The van der Waals surface area contributed by atoms with Gasteiger partial charge in [-0.2, -0.15) is 5.10 Å². The predicted molar refractivity (Wildman–Crippen MR) is 155 cm³/mol. The van der Waals surface area contributed by atoms with Crippen molar-refractivity contribution in [2.24, 2.45) is 5.10 Å². The van der Waals surface area contributed by atoms with Crippen LogP contribution in [0.5, 0.6) is 5.75 Å². The van der Waals surface area contributed by atoms with E-state index in [4.69, 9.17) is 13.6 Å². The molecule has 1 aliphatic rings. The number of hydrazone groups is 1. The number of fused-ring (bicyclic) bond motifs is 3. The summed E-state index contributed by atoms with van der Waals surface area (Å²) in [5.74, 6) is 0.262. The van der Waals surface area contributed by atoms with Crippen LogP contribution in [0.25, 0.3) is 21.9 Å². The zero-order chi connectivity index (χ0) is 28.0. The van der Waals surface area contributed by atoms with Crippen LogP contribution in [-0.2, 0) is 17.6 Å². The first kappa shape index (κ1) is 26.0. The van der Waals surface area contributed by atoms with E-state index in [1.807, 2.05) is 45.0 Å². The number of carbonyl (C=O) groups excluding carboxylic acids is 2. The van der Waals surface area contributed by atoms with Crippen molar-refractivity contribution >= 4 is 55.4 Å². The van der Waals surface area contributed by atoms with Crippen LogP contribution in [0.4, 0.5) is 0 Å². The van der Waals surface area contributed by atoms with Gasteiger partial charge in [0.2, 0.25) is 11.7 Å². The van der Waals surface area contributed by atoms with E-state index in [-0.39, 0.29) is 18.1 Å². The van der Waals surface area contributed by atoms with E-state index in [0.29, 0.717) is 41.1 Å². The summed E-state index contributed by atoms with van der Waals surface area (Å²) >= 11 is 3.51. The molecule has 0 radical (unpaired) electrons. The fourth-order valence-corrected chi connectivity index (χ4v) is 5.87. The minimum atomic E-state index is -0.609. The molecule has 1 amide bonds. The van der Waals surface area contributed by atoms with Gasteiger partial charge in [0.05, 0.1) is 18.4 Å². The Morgan fingerprint density at radius 3 is 2.85 bits per heavy atom. The Morgan fingerprint density at radius 1 is 1.15 bits per heavy atom. The second-order valence-corrected chi connectivity index (χ2v) is 10.9. The topological polar surface area (TPSA) is 107 Å². The van der Waals surface area contributed by atoms with E-state index in [1.165, 1.54) is 0 Å². The van der Waals surface area contributed by atoms with Gasteiger partial charge in [0.15, 0.2) is 5.75 Å². The van der Waals surface area contributed by atoms with Crippen LogP contribution in [0.3, 0.4) is 0 Å². The average Bonchev–Trinajstić information content (AvgIpc) is 3.50. The molecule has 3 aromatic heterocycles. The molecule has 0 fully saturated rings. The summed E-state index contributed by atoms with van der Waals surface area (Å²) in [4.78, 5) is 30.4. The van der Waals surface area contributed by atoms with E-state index in [9.17, 15) is 9.59 Å². The van der Waals surface area contributed by atoms with Gasteiger partial charge in [0.1, 0.15) is 16.9 Å². The number of aryl methyl sites for hydroxylation is 3. The van der Waals surface area contributed by atoms with Crippen LogP contribution in [0.1, 0.15) is 57.0 Å². The van der Waals surface area contributed by atoms with Crippen LogP contribution in [-0.4, -0.2) is 22.6 Å². The highest BCUT2D eigenvalue weighted by molar-refractivity contribution is 9.10. The number of pyridine rings is 1. The van der Waals surface area contributed by atoms with E-state index < -0.39 is 5.97 Å². The summed E-state index contributed by atoms with van der Waals surface area (Å²) in [6, 6.07) is 11.3. The molecule has 0 saturated heterocycles. The van der Waals surface area contributed by atoms with Gasteiger partial charge in [-0.25, -0.2) is 10.2 Å². The molecule has 0 bridgehead atoms. The van der Waals surface area contributed by atoms with Crippen molar-refractivity contribution in [3.8, 4) is 5.75 Å². The first-order valence-corrected chi connectivity index (χ1v) is 13.8. The zero-order valence-electron chi connectivity index (χ0n) is 22.3. The number of amides is 1. The normalized spacial score (nSPS) is 14.1. The predicted octanol–water partition coefficient (Wildman–Crippen LogP) is 6.88. The quantitative estimate of drug-likeness (QED) is 0.134. The van der Waals surface area contributed by atoms with Crippen molar-refractivity contribution in [1.29, 1.82) is 0 Å². The van der Waals surface area contributed by atoms with Crippen molar-refractivity contribution in [3.05, 3.63) is 92.7 Å². The van der Waals surface area contributed by atoms with Crippen molar-refractivity contribution in [3.63, 3.8) is 0 Å². The summed E-state index contributed by atoms with van der Waals surface area (Å²) in [5.41, 5.74) is 9.07. The SMILES string of the molecule is Cc1cc(C)c2c(CC(=O)N/N=C3\CCCc4oc(C(=O)Oc5ccc(Br)c6cccnc56)c(C)c43)coc2c1. The van der Waals surface area contributed by atoms with Crippen molar-refractivity contribution in [2.45, 2.75) is 46.5 Å². The first-order chi connectivity index (χ1) is 19.3. The van der Waals surface area contributed by atoms with Crippen LogP contribution >= 0.6 is 15.9 Å². The third kappa shape index (κ3) is 4.70. The minimum Gasteiger partial charge on any atom is -0.464 e. The molecular weight excluding hydrogens is 574 g/mol. The summed E-state index contributed by atoms with van der Waals surface area (Å²) in [7, 11) is 0. The molecule has 3 heterocycles. The zero-order valence-corrected chi connectivity index (χ0v) is 23.8. The highest BCUT2D eigenvalue weighted by Crippen LogP contribution is 2.33. The molecule has 1 N–H and O–H groups in total. The number of nitrogens with zero attached hydrogens (tertiary/aromatic N) is 2. The van der Waals surface area contributed by atoms with Crippen LogP contribution < -0.4 is 10.2 Å². The van der Waals surface area contributed by atoms with Gasteiger partial charge in [0.25, 0.3) is 0 Å². The summed E-state index contributed by atoms with van der Waals surface area (Å²) < 4.78 is 18.3. The van der Waals surface area contributed by atoms with E-state index in [0.717, 1.165) is 49.5 Å². The molecular formula is C31H26BrN3O5. The number of esters is 1. The molecule has 0 aliphatic heterocycles. The lowest BCUT2D eigenvalue weighted by Gasteiger charge is -2.13. The number of hydrogen-bond donors (Lipinski definition) is 1. The third-order valence-corrected chi connectivity index (χ3v) is 7.84. The van der Waals surface area contributed by atoms with Crippen LogP contribution in [0.2, 0.25) is 0 Å². The Morgan fingerprint density at radius 2 is 2.00 bits per heavy atom. The van der Waals surface area contributed by atoms with Gasteiger partial charge in [-0.15, -0.1) is 0 Å². The number of aromatic nitrogens is 1. The minimum absolute atomic E-state index is 0.119. The fourth-order valence-electron chi connectivity index (χ4n) is 5.41. The summed E-state index contributed by atoms with van der Waals surface area (Å²) in [6.45, 7) is 5.83. The van der Waals surface area contributed by atoms with Crippen LogP contribution in [0, 0.1) is 20.8 Å². The summed E-state index contributed by atoms with van der Waals surface area (Å²) in [6.07, 6.45) is 5.52. The van der Waals surface area contributed by atoms with Gasteiger partial charge in [-0.3, -0.25) is 9.78 Å². The molecule has 0 unspecified atom stereocenters. The number of rotatable bonds is 5.